The van der Waals surface area contributed by atoms with Gasteiger partial charge in [0, 0.05) is 25.2 Å². The third-order valence-corrected chi connectivity index (χ3v) is 5.39. The predicted octanol–water partition coefficient (Wildman–Crippen LogP) is 2.14. The van der Waals surface area contributed by atoms with Gasteiger partial charge in [0.15, 0.2) is 0 Å². The number of benzene rings is 1. The zero-order valence-electron chi connectivity index (χ0n) is 11.3. The highest BCUT2D eigenvalue weighted by Gasteiger charge is 2.24. The molecule has 114 valence electrons. The standard InChI is InChI=1S/C12H17Cl2NO4S/c1-3-19-5-4-15(2)20(17,18)12-6-9(8-16)10(13)7-11(12)14/h6-7,16H,3-5,8H2,1-2H3. The van der Waals surface area contributed by atoms with Crippen LogP contribution in [0.25, 0.3) is 0 Å². The molecule has 5 nitrogen and oxygen atoms in total. The second-order valence-electron chi connectivity index (χ2n) is 4.06. The molecular weight excluding hydrogens is 325 g/mol. The van der Waals surface area contributed by atoms with Crippen LogP contribution in [-0.4, -0.2) is 44.6 Å². The van der Waals surface area contributed by atoms with E-state index in [1.807, 2.05) is 6.92 Å². The van der Waals surface area contributed by atoms with Crippen LogP contribution >= 0.6 is 23.2 Å². The summed E-state index contributed by atoms with van der Waals surface area (Å²) in [6, 6.07) is 2.61. The monoisotopic (exact) mass is 341 g/mol. The molecule has 1 aromatic rings. The second-order valence-corrected chi connectivity index (χ2v) is 6.88. The predicted molar refractivity (Wildman–Crippen MR) is 78.7 cm³/mol. The molecule has 0 atom stereocenters. The van der Waals surface area contributed by atoms with E-state index >= 15 is 0 Å². The van der Waals surface area contributed by atoms with Crippen LogP contribution < -0.4 is 0 Å². The van der Waals surface area contributed by atoms with Gasteiger partial charge in [-0.1, -0.05) is 23.2 Å². The summed E-state index contributed by atoms with van der Waals surface area (Å²) in [7, 11) is -2.31. The number of sulfonamides is 1. The van der Waals surface area contributed by atoms with E-state index in [9.17, 15) is 8.42 Å². The van der Waals surface area contributed by atoms with Gasteiger partial charge in [-0.15, -0.1) is 0 Å². The third kappa shape index (κ3) is 4.07. The fraction of sp³-hybridized carbons (Fsp3) is 0.500. The second kappa shape index (κ2) is 7.59. The Balaban J connectivity index is 3.08. The van der Waals surface area contributed by atoms with Crippen LogP contribution in [0, 0.1) is 0 Å². The Labute approximate surface area is 129 Å². The number of hydrogen-bond acceptors (Lipinski definition) is 4. The summed E-state index contributed by atoms with van der Waals surface area (Å²) in [5.41, 5.74) is 0.313. The Bertz CT molecular complexity index is 563. The molecule has 0 aliphatic carbocycles. The van der Waals surface area contributed by atoms with Crippen molar-refractivity contribution < 1.29 is 18.3 Å². The lowest BCUT2D eigenvalue weighted by Gasteiger charge is -2.18. The summed E-state index contributed by atoms with van der Waals surface area (Å²) in [5.74, 6) is 0. The minimum Gasteiger partial charge on any atom is -0.392 e. The maximum absolute atomic E-state index is 12.4. The average molecular weight is 342 g/mol. The van der Waals surface area contributed by atoms with Crippen LogP contribution in [0.15, 0.2) is 17.0 Å². The summed E-state index contributed by atoms with van der Waals surface area (Å²) in [4.78, 5) is -0.0772. The van der Waals surface area contributed by atoms with Gasteiger partial charge in [0.2, 0.25) is 10.0 Å². The molecule has 1 rings (SSSR count). The molecule has 20 heavy (non-hydrogen) atoms. The number of halogens is 2. The van der Waals surface area contributed by atoms with E-state index in [-0.39, 0.29) is 28.1 Å². The fourth-order valence-electron chi connectivity index (χ4n) is 1.52. The molecule has 0 bridgehead atoms. The Hall–Kier alpha value is -0.370. The van der Waals surface area contributed by atoms with Crippen molar-refractivity contribution in [3.63, 3.8) is 0 Å². The molecule has 0 fully saturated rings. The van der Waals surface area contributed by atoms with Crippen LogP contribution in [0.2, 0.25) is 10.0 Å². The van der Waals surface area contributed by atoms with Crippen molar-refractivity contribution in [3.8, 4) is 0 Å². The molecule has 0 amide bonds. The molecule has 0 spiro atoms. The first-order valence-corrected chi connectivity index (χ1v) is 8.17. The Morgan fingerprint density at radius 3 is 2.50 bits per heavy atom. The molecule has 8 heteroatoms. The topological polar surface area (TPSA) is 66.8 Å². The largest absolute Gasteiger partial charge is 0.392 e. The molecule has 1 N–H and O–H groups in total. The molecule has 0 radical (unpaired) electrons. The summed E-state index contributed by atoms with van der Waals surface area (Å²) < 4.78 is 31.1. The summed E-state index contributed by atoms with van der Waals surface area (Å²) >= 11 is 11.8. The van der Waals surface area contributed by atoms with Crippen LogP contribution in [0.4, 0.5) is 0 Å². The van der Waals surface area contributed by atoms with Crippen molar-refractivity contribution in [3.05, 3.63) is 27.7 Å². The Kier molecular flexibility index (Phi) is 6.71. The molecule has 1 aromatic carbocycles. The Morgan fingerprint density at radius 2 is 1.95 bits per heavy atom. The zero-order valence-corrected chi connectivity index (χ0v) is 13.6. The number of hydrogen-bond donors (Lipinski definition) is 1. The molecule has 0 unspecified atom stereocenters. The number of likely N-dealkylation sites (N-methyl/N-ethyl adjacent to an activating group) is 1. The molecule has 0 aromatic heterocycles. The zero-order chi connectivity index (χ0) is 15.3. The minimum atomic E-state index is -3.75. The molecule has 0 aliphatic rings. The number of ether oxygens (including phenoxy) is 1. The quantitative estimate of drug-likeness (QED) is 0.771. The normalized spacial score (nSPS) is 12.1. The van der Waals surface area contributed by atoms with E-state index < -0.39 is 10.0 Å². The van der Waals surface area contributed by atoms with Gasteiger partial charge >= 0.3 is 0 Å². The van der Waals surface area contributed by atoms with E-state index in [0.29, 0.717) is 18.8 Å². The molecule has 0 aliphatic heterocycles. The smallest absolute Gasteiger partial charge is 0.244 e. The van der Waals surface area contributed by atoms with Gasteiger partial charge in [0.05, 0.1) is 18.2 Å². The number of rotatable bonds is 7. The summed E-state index contributed by atoms with van der Waals surface area (Å²) in [5, 5.41) is 9.41. The lowest BCUT2D eigenvalue weighted by Crippen LogP contribution is -2.30. The van der Waals surface area contributed by atoms with Gasteiger partial charge < -0.3 is 9.84 Å². The highest BCUT2D eigenvalue weighted by molar-refractivity contribution is 7.89. The van der Waals surface area contributed by atoms with Gasteiger partial charge in [-0.3, -0.25) is 0 Å². The number of aliphatic hydroxyl groups excluding tert-OH is 1. The van der Waals surface area contributed by atoms with Crippen molar-refractivity contribution >= 4 is 33.2 Å². The van der Waals surface area contributed by atoms with Crippen molar-refractivity contribution in [2.45, 2.75) is 18.4 Å². The SMILES string of the molecule is CCOCCN(C)S(=O)(=O)c1cc(CO)c(Cl)cc1Cl. The molecular formula is C12H17Cl2NO4S. The summed E-state index contributed by atoms with van der Waals surface area (Å²) in [6.45, 7) is 2.50. The maximum atomic E-state index is 12.4. The highest BCUT2D eigenvalue weighted by atomic mass is 35.5. The van der Waals surface area contributed by atoms with Crippen molar-refractivity contribution in [1.82, 2.24) is 4.31 Å². The number of nitrogens with zero attached hydrogens (tertiary/aromatic N) is 1. The minimum absolute atomic E-state index is 0.0236. The first kappa shape index (κ1) is 17.7. The lowest BCUT2D eigenvalue weighted by atomic mass is 10.2. The van der Waals surface area contributed by atoms with Gasteiger partial charge in [0.1, 0.15) is 4.90 Å². The van der Waals surface area contributed by atoms with Crippen LogP contribution in [0.3, 0.4) is 0 Å². The first-order valence-electron chi connectivity index (χ1n) is 5.97. The summed E-state index contributed by atoms with van der Waals surface area (Å²) in [6.07, 6.45) is 0. The highest BCUT2D eigenvalue weighted by Crippen LogP contribution is 2.30. The third-order valence-electron chi connectivity index (χ3n) is 2.71. The van der Waals surface area contributed by atoms with Gasteiger partial charge in [-0.25, -0.2) is 8.42 Å². The van der Waals surface area contributed by atoms with Crippen molar-refractivity contribution in [1.29, 1.82) is 0 Å². The van der Waals surface area contributed by atoms with Gasteiger partial charge in [-0.05, 0) is 24.6 Å². The maximum Gasteiger partial charge on any atom is 0.244 e. The number of aliphatic hydroxyl groups is 1. The van der Waals surface area contributed by atoms with E-state index in [0.717, 1.165) is 4.31 Å². The fourth-order valence-corrected chi connectivity index (χ4v) is 3.50. The molecule has 0 saturated carbocycles. The van der Waals surface area contributed by atoms with Gasteiger partial charge in [-0.2, -0.15) is 4.31 Å². The van der Waals surface area contributed by atoms with E-state index in [2.05, 4.69) is 0 Å². The Morgan fingerprint density at radius 1 is 1.30 bits per heavy atom. The lowest BCUT2D eigenvalue weighted by molar-refractivity contribution is 0.138. The van der Waals surface area contributed by atoms with Crippen LogP contribution in [0.1, 0.15) is 12.5 Å². The van der Waals surface area contributed by atoms with Gasteiger partial charge in [0.25, 0.3) is 0 Å². The average Bonchev–Trinajstić information content (AvgIpc) is 2.38. The van der Waals surface area contributed by atoms with Crippen LogP contribution in [-0.2, 0) is 21.4 Å². The van der Waals surface area contributed by atoms with Crippen LogP contribution in [0.5, 0.6) is 0 Å². The molecule has 0 heterocycles. The van der Waals surface area contributed by atoms with E-state index in [1.165, 1.54) is 19.2 Å². The first-order chi connectivity index (χ1) is 9.34. The van der Waals surface area contributed by atoms with E-state index in [1.54, 1.807) is 0 Å². The van der Waals surface area contributed by atoms with Crippen molar-refractivity contribution in [2.24, 2.45) is 0 Å². The molecule has 0 saturated heterocycles. The van der Waals surface area contributed by atoms with E-state index in [4.69, 9.17) is 33.0 Å². The van der Waals surface area contributed by atoms with Crippen molar-refractivity contribution in [2.75, 3.05) is 26.8 Å².